The number of Topliss-reactive ketones (excluding diaryl/α,β-unsaturated/α-hetero) is 1. The molecule has 0 radical (unpaired) electrons. The molecule has 2 aliphatic rings. The van der Waals surface area contributed by atoms with Gasteiger partial charge in [0.2, 0.25) is 11.8 Å². The maximum absolute atomic E-state index is 12.3. The molecule has 2 amide bonds. The van der Waals surface area contributed by atoms with Gasteiger partial charge >= 0.3 is 0 Å². The summed E-state index contributed by atoms with van der Waals surface area (Å²) < 4.78 is 5.63. The van der Waals surface area contributed by atoms with Gasteiger partial charge in [-0.15, -0.1) is 0 Å². The molecule has 0 bridgehead atoms. The van der Waals surface area contributed by atoms with E-state index in [0.29, 0.717) is 24.2 Å². The van der Waals surface area contributed by atoms with Crippen molar-refractivity contribution in [1.82, 2.24) is 4.90 Å². The molecule has 5 nitrogen and oxygen atoms in total. The van der Waals surface area contributed by atoms with Crippen molar-refractivity contribution in [2.75, 3.05) is 13.2 Å². The second kappa shape index (κ2) is 6.36. The maximum atomic E-state index is 12.3. The smallest absolute Gasteiger partial charge is 0.233 e. The molecule has 1 heterocycles. The fraction of sp³-hybridized carbons (Fsp3) is 0.389. The highest BCUT2D eigenvalue weighted by molar-refractivity contribution is 6.05. The van der Waals surface area contributed by atoms with Crippen LogP contribution in [0.5, 0.6) is 5.75 Å². The zero-order chi connectivity index (χ0) is 16.4. The van der Waals surface area contributed by atoms with Gasteiger partial charge in [0, 0.05) is 0 Å². The normalized spacial score (nSPS) is 23.1. The Morgan fingerprint density at radius 2 is 1.74 bits per heavy atom. The number of amides is 2. The summed E-state index contributed by atoms with van der Waals surface area (Å²) in [5.41, 5.74) is 0.504. The molecule has 1 fully saturated rings. The summed E-state index contributed by atoms with van der Waals surface area (Å²) >= 11 is 0. The fourth-order valence-corrected chi connectivity index (χ4v) is 3.22. The number of ketones is 1. The van der Waals surface area contributed by atoms with Crippen LogP contribution < -0.4 is 4.74 Å². The summed E-state index contributed by atoms with van der Waals surface area (Å²) in [6.07, 6.45) is 5.21. The second-order valence-electron chi connectivity index (χ2n) is 5.88. The topological polar surface area (TPSA) is 63.7 Å². The lowest BCUT2D eigenvalue weighted by molar-refractivity contribution is -0.140. The lowest BCUT2D eigenvalue weighted by Crippen LogP contribution is -2.34. The first-order valence-electron chi connectivity index (χ1n) is 7.82. The lowest BCUT2D eigenvalue weighted by Gasteiger charge is -2.16. The predicted molar refractivity (Wildman–Crippen MR) is 84.0 cm³/mol. The second-order valence-corrected chi connectivity index (χ2v) is 5.88. The molecule has 1 saturated heterocycles. The Morgan fingerprint density at radius 1 is 1.13 bits per heavy atom. The van der Waals surface area contributed by atoms with E-state index in [1.54, 1.807) is 24.3 Å². The first-order chi connectivity index (χ1) is 11.1. The van der Waals surface area contributed by atoms with Gasteiger partial charge in [0.05, 0.1) is 23.9 Å². The van der Waals surface area contributed by atoms with Crippen LogP contribution in [0.25, 0.3) is 0 Å². The van der Waals surface area contributed by atoms with Gasteiger partial charge in [-0.05, 0) is 31.9 Å². The van der Waals surface area contributed by atoms with E-state index in [4.69, 9.17) is 4.74 Å². The molecule has 0 spiro atoms. The number of hydrogen-bond donors (Lipinski definition) is 0. The fourth-order valence-electron chi connectivity index (χ4n) is 3.22. The molecular weight excluding hydrogens is 294 g/mol. The van der Waals surface area contributed by atoms with Crippen LogP contribution in [0.15, 0.2) is 36.4 Å². The zero-order valence-corrected chi connectivity index (χ0v) is 13.0. The molecule has 0 aromatic heterocycles. The van der Waals surface area contributed by atoms with E-state index in [-0.39, 0.29) is 42.6 Å². The number of ether oxygens (including phenoxy) is 1. The number of hydrogen-bond acceptors (Lipinski definition) is 4. The number of nitrogens with zero attached hydrogens (tertiary/aromatic N) is 1. The van der Waals surface area contributed by atoms with Crippen LogP contribution in [-0.2, 0) is 9.59 Å². The average Bonchev–Trinajstić information content (AvgIpc) is 2.80. The number of para-hydroxylation sites is 1. The monoisotopic (exact) mass is 313 g/mol. The van der Waals surface area contributed by atoms with E-state index >= 15 is 0 Å². The molecule has 0 unspecified atom stereocenters. The standard InChI is InChI=1S/C18H19NO4/c1-12(20)13-6-4-5-9-16(13)23-11-10-19-17(21)14-7-2-3-8-15(14)18(19)22/h2-6,9,14-15H,7-8,10-11H2,1H3/t14-,15-/m0/s1. The van der Waals surface area contributed by atoms with Crippen LogP contribution in [0.2, 0.25) is 0 Å². The van der Waals surface area contributed by atoms with Crippen LogP contribution in [0.4, 0.5) is 0 Å². The molecule has 1 aliphatic carbocycles. The first kappa shape index (κ1) is 15.5. The van der Waals surface area contributed by atoms with Crippen molar-refractivity contribution in [3.8, 4) is 5.75 Å². The van der Waals surface area contributed by atoms with Crippen LogP contribution >= 0.6 is 0 Å². The van der Waals surface area contributed by atoms with E-state index in [1.807, 2.05) is 12.2 Å². The van der Waals surface area contributed by atoms with Crippen molar-refractivity contribution in [1.29, 1.82) is 0 Å². The van der Waals surface area contributed by atoms with Crippen molar-refractivity contribution >= 4 is 17.6 Å². The number of imide groups is 1. The summed E-state index contributed by atoms with van der Waals surface area (Å²) in [6, 6.07) is 6.97. The van der Waals surface area contributed by atoms with Gasteiger partial charge in [0.1, 0.15) is 12.4 Å². The minimum absolute atomic E-state index is 0.0778. The molecule has 2 atom stereocenters. The van der Waals surface area contributed by atoms with E-state index in [2.05, 4.69) is 0 Å². The molecule has 23 heavy (non-hydrogen) atoms. The minimum Gasteiger partial charge on any atom is -0.491 e. The molecule has 1 aromatic rings. The van der Waals surface area contributed by atoms with Crippen molar-refractivity contribution in [2.24, 2.45) is 11.8 Å². The highest BCUT2D eigenvalue weighted by atomic mass is 16.5. The van der Waals surface area contributed by atoms with Gasteiger partial charge in [-0.25, -0.2) is 0 Å². The van der Waals surface area contributed by atoms with E-state index in [9.17, 15) is 14.4 Å². The van der Waals surface area contributed by atoms with Gasteiger partial charge in [0.25, 0.3) is 0 Å². The summed E-state index contributed by atoms with van der Waals surface area (Å²) in [7, 11) is 0. The Labute approximate surface area is 134 Å². The highest BCUT2D eigenvalue weighted by Gasteiger charge is 2.46. The Morgan fingerprint density at radius 3 is 2.35 bits per heavy atom. The number of carbonyl (C=O) groups is 3. The summed E-state index contributed by atoms with van der Waals surface area (Å²) in [6.45, 7) is 1.89. The molecule has 120 valence electrons. The van der Waals surface area contributed by atoms with E-state index in [1.165, 1.54) is 11.8 Å². The number of rotatable bonds is 5. The van der Waals surface area contributed by atoms with Gasteiger partial charge in [-0.1, -0.05) is 24.3 Å². The zero-order valence-electron chi connectivity index (χ0n) is 13.0. The third-order valence-corrected chi connectivity index (χ3v) is 4.44. The largest absolute Gasteiger partial charge is 0.491 e. The number of allylic oxidation sites excluding steroid dienone is 2. The van der Waals surface area contributed by atoms with E-state index < -0.39 is 0 Å². The van der Waals surface area contributed by atoms with Crippen molar-refractivity contribution < 1.29 is 19.1 Å². The van der Waals surface area contributed by atoms with Crippen LogP contribution in [0.3, 0.4) is 0 Å². The molecule has 0 saturated carbocycles. The number of fused-ring (bicyclic) bond motifs is 1. The Bertz CT molecular complexity index is 653. The Kier molecular flexibility index (Phi) is 4.28. The van der Waals surface area contributed by atoms with Crippen molar-refractivity contribution in [3.63, 3.8) is 0 Å². The molecule has 0 N–H and O–H groups in total. The van der Waals surface area contributed by atoms with Gasteiger partial charge in [-0.3, -0.25) is 19.3 Å². The minimum atomic E-state index is -0.211. The quantitative estimate of drug-likeness (QED) is 0.475. The number of carbonyl (C=O) groups excluding carboxylic acids is 3. The summed E-state index contributed by atoms with van der Waals surface area (Å²) in [4.78, 5) is 37.5. The van der Waals surface area contributed by atoms with Crippen molar-refractivity contribution in [2.45, 2.75) is 19.8 Å². The third-order valence-electron chi connectivity index (χ3n) is 4.44. The third kappa shape index (κ3) is 2.91. The Hall–Kier alpha value is -2.43. The van der Waals surface area contributed by atoms with E-state index in [0.717, 1.165) is 0 Å². The molecule has 1 aliphatic heterocycles. The number of benzene rings is 1. The van der Waals surface area contributed by atoms with Crippen LogP contribution in [0.1, 0.15) is 30.1 Å². The average molecular weight is 313 g/mol. The summed E-state index contributed by atoms with van der Waals surface area (Å²) in [5.74, 6) is -0.223. The Balaban J connectivity index is 1.62. The van der Waals surface area contributed by atoms with Crippen molar-refractivity contribution in [3.05, 3.63) is 42.0 Å². The molecule has 3 rings (SSSR count). The van der Waals surface area contributed by atoms with Crippen LogP contribution in [0, 0.1) is 11.8 Å². The lowest BCUT2D eigenvalue weighted by atomic mass is 9.85. The van der Waals surface area contributed by atoms with Crippen LogP contribution in [-0.4, -0.2) is 35.6 Å². The van der Waals surface area contributed by atoms with Gasteiger partial charge in [0.15, 0.2) is 5.78 Å². The SMILES string of the molecule is CC(=O)c1ccccc1OCCN1C(=O)[C@H]2CC=CC[C@@H]2C1=O. The number of likely N-dealkylation sites (tertiary alicyclic amines) is 1. The van der Waals surface area contributed by atoms with Gasteiger partial charge in [-0.2, -0.15) is 0 Å². The van der Waals surface area contributed by atoms with Gasteiger partial charge < -0.3 is 4.74 Å². The molecule has 5 heteroatoms. The predicted octanol–water partition coefficient (Wildman–Crippen LogP) is 2.22. The summed E-state index contributed by atoms with van der Waals surface area (Å²) in [5, 5.41) is 0. The maximum Gasteiger partial charge on any atom is 0.233 e. The molecular formula is C18H19NO4. The molecule has 1 aromatic carbocycles. The highest BCUT2D eigenvalue weighted by Crippen LogP contribution is 2.34. The first-order valence-corrected chi connectivity index (χ1v) is 7.82.